The number of benzene rings is 1. The summed E-state index contributed by atoms with van der Waals surface area (Å²) in [5.74, 6) is -0.407. The van der Waals surface area contributed by atoms with Crippen molar-refractivity contribution in [2.45, 2.75) is 25.8 Å². The highest BCUT2D eigenvalue weighted by Gasteiger charge is 2.22. The van der Waals surface area contributed by atoms with Crippen molar-refractivity contribution in [3.05, 3.63) is 35.1 Å². The molecule has 1 aliphatic heterocycles. The molecule has 0 bridgehead atoms. The summed E-state index contributed by atoms with van der Waals surface area (Å²) in [5, 5.41) is 3.22. The molecule has 0 unspecified atom stereocenters. The molecule has 1 heterocycles. The van der Waals surface area contributed by atoms with Crippen LogP contribution in [0.1, 0.15) is 28.8 Å². The summed E-state index contributed by atoms with van der Waals surface area (Å²) in [6, 6.07) is 4.99. The maximum atomic E-state index is 13.3. The minimum absolute atomic E-state index is 0. The van der Waals surface area contributed by atoms with Crippen LogP contribution in [0.4, 0.5) is 4.39 Å². The van der Waals surface area contributed by atoms with E-state index in [1.807, 2.05) is 11.9 Å². The van der Waals surface area contributed by atoms with Crippen LogP contribution in [-0.2, 0) is 0 Å². The van der Waals surface area contributed by atoms with E-state index in [1.54, 1.807) is 13.0 Å². The molecule has 0 radical (unpaired) electrons. The smallest absolute Gasteiger partial charge is 0.253 e. The van der Waals surface area contributed by atoms with Crippen LogP contribution in [0.15, 0.2) is 18.2 Å². The van der Waals surface area contributed by atoms with E-state index >= 15 is 0 Å². The third-order valence-corrected chi connectivity index (χ3v) is 3.48. The van der Waals surface area contributed by atoms with Crippen LogP contribution in [0, 0.1) is 12.7 Å². The summed E-state index contributed by atoms with van der Waals surface area (Å²) < 4.78 is 13.3. The fraction of sp³-hybridized carbons (Fsp3) is 0.500. The molecule has 1 saturated heterocycles. The van der Waals surface area contributed by atoms with Crippen molar-refractivity contribution in [1.29, 1.82) is 0 Å². The summed E-state index contributed by atoms with van der Waals surface area (Å²) in [4.78, 5) is 14.0. The number of nitrogens with zero attached hydrogens (tertiary/aromatic N) is 1. The van der Waals surface area contributed by atoms with E-state index in [9.17, 15) is 9.18 Å². The van der Waals surface area contributed by atoms with Crippen molar-refractivity contribution in [2.75, 3.05) is 20.1 Å². The lowest BCUT2D eigenvalue weighted by Gasteiger charge is -2.31. The quantitative estimate of drug-likeness (QED) is 0.905. The number of halogens is 2. The van der Waals surface area contributed by atoms with E-state index in [1.165, 1.54) is 12.1 Å². The highest BCUT2D eigenvalue weighted by molar-refractivity contribution is 5.94. The van der Waals surface area contributed by atoms with E-state index in [-0.39, 0.29) is 24.1 Å². The third-order valence-electron chi connectivity index (χ3n) is 3.48. The van der Waals surface area contributed by atoms with Crippen LogP contribution in [0.5, 0.6) is 0 Å². The van der Waals surface area contributed by atoms with Gasteiger partial charge in [0.25, 0.3) is 5.91 Å². The van der Waals surface area contributed by atoms with Gasteiger partial charge in [0.15, 0.2) is 0 Å². The van der Waals surface area contributed by atoms with E-state index in [2.05, 4.69) is 5.32 Å². The Bertz CT molecular complexity index is 425. The average Bonchev–Trinajstić information content (AvgIpc) is 2.37. The molecule has 1 aliphatic rings. The molecule has 2 rings (SSSR count). The molecular formula is C14H20ClFN2O. The lowest BCUT2D eigenvalue weighted by Crippen LogP contribution is -2.44. The first-order valence-electron chi connectivity index (χ1n) is 6.34. The first-order valence-corrected chi connectivity index (χ1v) is 6.34. The third kappa shape index (κ3) is 3.91. The van der Waals surface area contributed by atoms with Crippen molar-refractivity contribution in [1.82, 2.24) is 10.2 Å². The van der Waals surface area contributed by atoms with Crippen LogP contribution >= 0.6 is 12.4 Å². The van der Waals surface area contributed by atoms with Crippen LogP contribution in [0.3, 0.4) is 0 Å². The lowest BCUT2D eigenvalue weighted by atomic mass is 10.0. The van der Waals surface area contributed by atoms with Crippen molar-refractivity contribution < 1.29 is 9.18 Å². The number of carbonyl (C=O) groups excluding carboxylic acids is 1. The molecular weight excluding hydrogens is 267 g/mol. The zero-order valence-corrected chi connectivity index (χ0v) is 12.1. The Morgan fingerprint density at radius 2 is 1.95 bits per heavy atom. The number of rotatable bonds is 2. The summed E-state index contributed by atoms with van der Waals surface area (Å²) in [5.41, 5.74) is 1.24. The molecule has 3 nitrogen and oxygen atoms in total. The number of hydrogen-bond acceptors (Lipinski definition) is 2. The zero-order valence-electron chi connectivity index (χ0n) is 11.3. The van der Waals surface area contributed by atoms with Gasteiger partial charge in [-0.15, -0.1) is 12.4 Å². The molecule has 0 spiro atoms. The lowest BCUT2D eigenvalue weighted by molar-refractivity contribution is 0.0706. The average molecular weight is 287 g/mol. The standard InChI is InChI=1S/C14H19FN2O.ClH/c1-10-7-11(9-12(15)8-10)14(18)17-5-3-13(16-2)4-6-17;/h7-9,13,16H,3-6H2,1-2H3;1H. The topological polar surface area (TPSA) is 32.3 Å². The molecule has 1 aromatic carbocycles. The van der Waals surface area contributed by atoms with Crippen molar-refractivity contribution >= 4 is 18.3 Å². The number of nitrogens with one attached hydrogen (secondary N) is 1. The van der Waals surface area contributed by atoms with Crippen molar-refractivity contribution in [2.24, 2.45) is 0 Å². The first kappa shape index (κ1) is 15.9. The Hall–Kier alpha value is -1.13. The van der Waals surface area contributed by atoms with Crippen molar-refractivity contribution in [3.63, 3.8) is 0 Å². The molecule has 19 heavy (non-hydrogen) atoms. The largest absolute Gasteiger partial charge is 0.339 e. The molecule has 0 saturated carbocycles. The summed E-state index contributed by atoms with van der Waals surface area (Å²) >= 11 is 0. The molecule has 106 valence electrons. The van der Waals surface area contributed by atoms with Crippen LogP contribution in [0.25, 0.3) is 0 Å². The van der Waals surface area contributed by atoms with Crippen LogP contribution < -0.4 is 5.32 Å². The van der Waals surface area contributed by atoms with E-state index in [0.717, 1.165) is 31.5 Å². The molecule has 0 aromatic heterocycles. The monoisotopic (exact) mass is 286 g/mol. The van der Waals surface area contributed by atoms with Gasteiger partial charge in [-0.05, 0) is 50.6 Å². The molecule has 1 aromatic rings. The van der Waals surface area contributed by atoms with Crippen molar-refractivity contribution in [3.8, 4) is 0 Å². The van der Waals surface area contributed by atoms with Crippen LogP contribution in [-0.4, -0.2) is 37.0 Å². The minimum Gasteiger partial charge on any atom is -0.339 e. The number of hydrogen-bond donors (Lipinski definition) is 1. The molecule has 1 amide bonds. The second-order valence-electron chi connectivity index (χ2n) is 4.87. The molecule has 5 heteroatoms. The van der Waals surface area contributed by atoms with Gasteiger partial charge < -0.3 is 10.2 Å². The second kappa shape index (κ2) is 6.87. The number of amides is 1. The van der Waals surface area contributed by atoms with Gasteiger partial charge in [-0.2, -0.15) is 0 Å². The van der Waals surface area contributed by atoms with Gasteiger partial charge in [-0.1, -0.05) is 0 Å². The van der Waals surface area contributed by atoms with Crippen LogP contribution in [0.2, 0.25) is 0 Å². The van der Waals surface area contributed by atoms with Gasteiger partial charge in [0.2, 0.25) is 0 Å². The summed E-state index contributed by atoms with van der Waals surface area (Å²) in [7, 11) is 1.94. The van der Waals surface area contributed by atoms with E-state index in [0.29, 0.717) is 11.6 Å². The number of aryl methyl sites for hydroxylation is 1. The fourth-order valence-corrected chi connectivity index (χ4v) is 2.41. The zero-order chi connectivity index (χ0) is 13.1. The highest BCUT2D eigenvalue weighted by atomic mass is 35.5. The number of carbonyl (C=O) groups is 1. The van der Waals surface area contributed by atoms with Gasteiger partial charge in [-0.25, -0.2) is 4.39 Å². The van der Waals surface area contributed by atoms with Gasteiger partial charge in [0.1, 0.15) is 5.82 Å². The first-order chi connectivity index (χ1) is 8.60. The maximum absolute atomic E-state index is 13.3. The fourth-order valence-electron chi connectivity index (χ4n) is 2.41. The summed E-state index contributed by atoms with van der Waals surface area (Å²) in [6.07, 6.45) is 1.91. The van der Waals surface area contributed by atoms with Gasteiger partial charge in [0.05, 0.1) is 0 Å². The summed E-state index contributed by atoms with van der Waals surface area (Å²) in [6.45, 7) is 3.27. The maximum Gasteiger partial charge on any atom is 0.253 e. The normalized spacial score (nSPS) is 16.1. The SMILES string of the molecule is CNC1CCN(C(=O)c2cc(C)cc(F)c2)CC1.Cl. The molecule has 1 fully saturated rings. The minimum atomic E-state index is -0.344. The molecule has 0 atom stereocenters. The number of likely N-dealkylation sites (tertiary alicyclic amines) is 1. The Morgan fingerprint density at radius 1 is 1.32 bits per heavy atom. The van der Waals surface area contributed by atoms with E-state index in [4.69, 9.17) is 0 Å². The number of piperidine rings is 1. The van der Waals surface area contributed by atoms with Gasteiger partial charge in [-0.3, -0.25) is 4.79 Å². The Labute approximate surface area is 119 Å². The van der Waals surface area contributed by atoms with E-state index < -0.39 is 0 Å². The predicted octanol–water partition coefficient (Wildman–Crippen LogP) is 2.38. The molecule has 0 aliphatic carbocycles. The second-order valence-corrected chi connectivity index (χ2v) is 4.87. The van der Waals surface area contributed by atoms with Gasteiger partial charge in [0, 0.05) is 24.7 Å². The Morgan fingerprint density at radius 3 is 2.47 bits per heavy atom. The Balaban J connectivity index is 0.00000180. The highest BCUT2D eigenvalue weighted by Crippen LogP contribution is 2.15. The molecule has 1 N–H and O–H groups in total. The predicted molar refractivity (Wildman–Crippen MR) is 76.4 cm³/mol. The van der Waals surface area contributed by atoms with Gasteiger partial charge >= 0.3 is 0 Å². The Kier molecular flexibility index (Phi) is 5.76.